The van der Waals surface area contributed by atoms with Gasteiger partial charge in [0.1, 0.15) is 0 Å². The first-order chi connectivity index (χ1) is 10.1. The first-order valence-corrected chi connectivity index (χ1v) is 8.22. The zero-order chi connectivity index (χ0) is 14.8. The number of halogens is 1. The summed E-state index contributed by atoms with van der Waals surface area (Å²) in [5.74, 6) is 1.07. The van der Waals surface area contributed by atoms with Gasteiger partial charge in [0.15, 0.2) is 0 Å². The second kappa shape index (κ2) is 6.27. The largest absolute Gasteiger partial charge is 0.351 e. The normalized spacial score (nSPS) is 26.0. The Kier molecular flexibility index (Phi) is 4.40. The highest BCUT2D eigenvalue weighted by atomic mass is 79.9. The Hall–Kier alpha value is -1.21. The van der Waals surface area contributed by atoms with Crippen molar-refractivity contribution in [1.82, 2.24) is 10.3 Å². The van der Waals surface area contributed by atoms with Crippen LogP contribution >= 0.6 is 15.9 Å². The van der Waals surface area contributed by atoms with E-state index in [1.807, 2.05) is 0 Å². The summed E-state index contributed by atoms with van der Waals surface area (Å²) >= 11 is 3.26. The van der Waals surface area contributed by atoms with Gasteiger partial charge in [0.2, 0.25) is 5.82 Å². The zero-order valence-electron chi connectivity index (χ0n) is 11.8. The number of rotatable bonds is 3. The fraction of sp³-hybridized carbons (Fsp3) is 0.643. The van der Waals surface area contributed by atoms with Crippen molar-refractivity contribution in [2.24, 2.45) is 5.92 Å². The molecule has 7 heteroatoms. The lowest BCUT2D eigenvalue weighted by Crippen LogP contribution is -2.44. The van der Waals surface area contributed by atoms with Gasteiger partial charge in [-0.2, -0.15) is 0 Å². The molecule has 0 amide bonds. The highest BCUT2D eigenvalue weighted by Crippen LogP contribution is 2.33. The molecule has 1 N–H and O–H groups in total. The quantitative estimate of drug-likeness (QED) is 0.667. The molecule has 0 radical (unpaired) electrons. The summed E-state index contributed by atoms with van der Waals surface area (Å²) in [6.07, 6.45) is 6.35. The number of nitrogens with zero attached hydrogens (tertiary/aromatic N) is 3. The number of anilines is 1. The predicted octanol–water partition coefficient (Wildman–Crippen LogP) is 2.72. The Morgan fingerprint density at radius 1 is 1.43 bits per heavy atom. The molecule has 1 aromatic rings. The maximum absolute atomic E-state index is 11.3. The molecule has 21 heavy (non-hydrogen) atoms. The SMILES string of the molecule is O=[N+]([O-])c1cc(Br)cnc1N1CCCC(C2CCCN2)C1. The summed E-state index contributed by atoms with van der Waals surface area (Å²) < 4.78 is 0.643. The smallest absolute Gasteiger partial charge is 0.312 e. The van der Waals surface area contributed by atoms with Crippen LogP contribution in [0.25, 0.3) is 0 Å². The number of nitro groups is 1. The van der Waals surface area contributed by atoms with Gasteiger partial charge in [0, 0.05) is 35.9 Å². The van der Waals surface area contributed by atoms with Crippen molar-refractivity contribution in [3.05, 3.63) is 26.9 Å². The molecule has 0 spiro atoms. The molecule has 2 saturated heterocycles. The molecule has 0 aliphatic carbocycles. The molecule has 6 nitrogen and oxygen atoms in total. The Morgan fingerprint density at radius 2 is 2.29 bits per heavy atom. The van der Waals surface area contributed by atoms with E-state index in [2.05, 4.69) is 31.1 Å². The molecule has 2 fully saturated rings. The summed E-state index contributed by atoms with van der Waals surface area (Å²) in [5, 5.41) is 14.8. The molecule has 3 rings (SSSR count). The average molecular weight is 355 g/mol. The third-order valence-corrected chi connectivity index (χ3v) is 4.87. The molecule has 1 aromatic heterocycles. The van der Waals surface area contributed by atoms with E-state index >= 15 is 0 Å². The van der Waals surface area contributed by atoms with Crippen LogP contribution in [0.4, 0.5) is 11.5 Å². The topological polar surface area (TPSA) is 71.3 Å². The molecule has 3 heterocycles. The van der Waals surface area contributed by atoms with Crippen molar-refractivity contribution in [2.75, 3.05) is 24.5 Å². The second-order valence-electron chi connectivity index (χ2n) is 5.80. The minimum Gasteiger partial charge on any atom is -0.351 e. The van der Waals surface area contributed by atoms with E-state index in [-0.39, 0.29) is 10.6 Å². The molecule has 2 aliphatic rings. The third kappa shape index (κ3) is 3.18. The van der Waals surface area contributed by atoms with Gasteiger partial charge in [-0.05, 0) is 54.1 Å². The molecular weight excluding hydrogens is 336 g/mol. The van der Waals surface area contributed by atoms with Crippen LogP contribution in [0.2, 0.25) is 0 Å². The van der Waals surface area contributed by atoms with E-state index in [4.69, 9.17) is 0 Å². The van der Waals surface area contributed by atoms with Crippen LogP contribution in [-0.4, -0.2) is 35.6 Å². The Bertz CT molecular complexity index is 534. The van der Waals surface area contributed by atoms with Crippen molar-refractivity contribution in [2.45, 2.75) is 31.7 Å². The van der Waals surface area contributed by atoms with Gasteiger partial charge in [-0.25, -0.2) is 4.98 Å². The maximum atomic E-state index is 11.3. The minimum absolute atomic E-state index is 0.0874. The number of piperidine rings is 1. The fourth-order valence-corrected chi connectivity index (χ4v) is 3.76. The first-order valence-electron chi connectivity index (χ1n) is 7.43. The van der Waals surface area contributed by atoms with E-state index in [1.54, 1.807) is 12.3 Å². The monoisotopic (exact) mass is 354 g/mol. The van der Waals surface area contributed by atoms with Crippen molar-refractivity contribution < 1.29 is 4.92 Å². The van der Waals surface area contributed by atoms with Crippen LogP contribution < -0.4 is 10.2 Å². The summed E-state index contributed by atoms with van der Waals surface area (Å²) in [5.41, 5.74) is 0.0874. The van der Waals surface area contributed by atoms with Gasteiger partial charge in [0.05, 0.1) is 4.92 Å². The van der Waals surface area contributed by atoms with Gasteiger partial charge >= 0.3 is 5.69 Å². The number of hydrogen-bond acceptors (Lipinski definition) is 5. The van der Waals surface area contributed by atoms with Gasteiger partial charge in [-0.1, -0.05) is 0 Å². The predicted molar refractivity (Wildman–Crippen MR) is 84.6 cm³/mol. The van der Waals surface area contributed by atoms with Crippen molar-refractivity contribution in [1.29, 1.82) is 0 Å². The highest BCUT2D eigenvalue weighted by Gasteiger charge is 2.32. The standard InChI is InChI=1S/C14H19BrN4O2/c15-11-7-13(19(20)21)14(17-8-11)18-6-2-3-10(9-18)12-4-1-5-16-12/h7-8,10,12,16H,1-6,9H2. The number of pyridine rings is 1. The summed E-state index contributed by atoms with van der Waals surface area (Å²) in [7, 11) is 0. The molecule has 0 saturated carbocycles. The molecule has 2 aliphatic heterocycles. The van der Waals surface area contributed by atoms with Crippen molar-refractivity contribution in [3.8, 4) is 0 Å². The number of aromatic nitrogens is 1. The van der Waals surface area contributed by atoms with Crippen molar-refractivity contribution in [3.63, 3.8) is 0 Å². The second-order valence-corrected chi connectivity index (χ2v) is 6.72. The Labute approximate surface area is 132 Å². The Morgan fingerprint density at radius 3 is 3.00 bits per heavy atom. The van der Waals surface area contributed by atoms with Crippen molar-refractivity contribution >= 4 is 27.4 Å². The third-order valence-electron chi connectivity index (χ3n) is 4.44. The lowest BCUT2D eigenvalue weighted by atomic mass is 9.90. The van der Waals surface area contributed by atoms with Crippen LogP contribution in [0.5, 0.6) is 0 Å². The van der Waals surface area contributed by atoms with Crippen LogP contribution in [0.15, 0.2) is 16.7 Å². The molecule has 114 valence electrons. The molecule has 2 unspecified atom stereocenters. The lowest BCUT2D eigenvalue weighted by Gasteiger charge is -2.36. The van der Waals surface area contributed by atoms with E-state index in [0.29, 0.717) is 22.3 Å². The van der Waals surface area contributed by atoms with E-state index in [1.165, 1.54) is 19.3 Å². The summed E-state index contributed by atoms with van der Waals surface area (Å²) in [6.45, 7) is 2.80. The Balaban J connectivity index is 1.81. The lowest BCUT2D eigenvalue weighted by molar-refractivity contribution is -0.384. The van der Waals surface area contributed by atoms with E-state index in [0.717, 1.165) is 26.1 Å². The van der Waals surface area contributed by atoms with Gasteiger partial charge in [-0.3, -0.25) is 10.1 Å². The molecular formula is C14H19BrN4O2. The maximum Gasteiger partial charge on any atom is 0.312 e. The van der Waals surface area contributed by atoms with E-state index < -0.39 is 0 Å². The van der Waals surface area contributed by atoms with Gasteiger partial charge in [0.25, 0.3) is 0 Å². The fourth-order valence-electron chi connectivity index (χ4n) is 3.44. The molecule has 0 bridgehead atoms. The number of nitrogens with one attached hydrogen (secondary N) is 1. The highest BCUT2D eigenvalue weighted by molar-refractivity contribution is 9.10. The molecule has 2 atom stereocenters. The zero-order valence-corrected chi connectivity index (χ0v) is 13.4. The first kappa shape index (κ1) is 14.7. The summed E-state index contributed by atoms with van der Waals surface area (Å²) in [6, 6.07) is 2.10. The average Bonchev–Trinajstić information content (AvgIpc) is 3.01. The van der Waals surface area contributed by atoms with Crippen LogP contribution in [-0.2, 0) is 0 Å². The van der Waals surface area contributed by atoms with Crippen LogP contribution in [0.3, 0.4) is 0 Å². The van der Waals surface area contributed by atoms with Crippen LogP contribution in [0, 0.1) is 16.0 Å². The van der Waals surface area contributed by atoms with Crippen LogP contribution in [0.1, 0.15) is 25.7 Å². The van der Waals surface area contributed by atoms with E-state index in [9.17, 15) is 10.1 Å². The van der Waals surface area contributed by atoms with Gasteiger partial charge in [-0.15, -0.1) is 0 Å². The minimum atomic E-state index is -0.343. The molecule has 0 aromatic carbocycles. The summed E-state index contributed by atoms with van der Waals surface area (Å²) in [4.78, 5) is 17.3. The number of hydrogen-bond donors (Lipinski definition) is 1. The van der Waals surface area contributed by atoms with Gasteiger partial charge < -0.3 is 10.2 Å².